The van der Waals surface area contributed by atoms with Crippen LogP contribution in [-0.4, -0.2) is 16.2 Å². The summed E-state index contributed by atoms with van der Waals surface area (Å²) in [6, 6.07) is 5.82. The maximum atomic E-state index is 4.51. The smallest absolute Gasteiger partial charge is 0.0925 e. The lowest BCUT2D eigenvalue weighted by Crippen LogP contribution is -1.92. The molecule has 4 nitrogen and oxygen atoms in total. The SMILES string of the molecule is Brc1ccc2ncc(C3=C[N]N=C3)nc2c1. The molecule has 16 heavy (non-hydrogen) atoms. The minimum atomic E-state index is 0.788. The van der Waals surface area contributed by atoms with E-state index in [-0.39, 0.29) is 0 Å². The Morgan fingerprint density at radius 3 is 2.88 bits per heavy atom. The van der Waals surface area contributed by atoms with Crippen molar-refractivity contribution in [3.8, 4) is 0 Å². The molecular formula is C11H6BrN4. The van der Waals surface area contributed by atoms with Crippen molar-refractivity contribution in [3.05, 3.63) is 40.8 Å². The van der Waals surface area contributed by atoms with Gasteiger partial charge in [-0.15, -0.1) is 0 Å². The van der Waals surface area contributed by atoms with E-state index < -0.39 is 0 Å². The number of benzene rings is 1. The van der Waals surface area contributed by atoms with Crippen LogP contribution in [0, 0.1) is 0 Å². The van der Waals surface area contributed by atoms with Gasteiger partial charge in [-0.2, -0.15) is 10.5 Å². The first-order valence-electron chi connectivity index (χ1n) is 4.69. The van der Waals surface area contributed by atoms with Crippen LogP contribution in [0.5, 0.6) is 0 Å². The number of hydrogen-bond donors (Lipinski definition) is 0. The summed E-state index contributed by atoms with van der Waals surface area (Å²) in [5, 5.41) is 3.77. The number of hydrogen-bond acceptors (Lipinski definition) is 3. The van der Waals surface area contributed by atoms with Crippen molar-refractivity contribution in [2.75, 3.05) is 0 Å². The first kappa shape index (κ1) is 9.47. The third kappa shape index (κ3) is 1.59. The van der Waals surface area contributed by atoms with Gasteiger partial charge in [-0.3, -0.25) is 4.98 Å². The standard InChI is InChI=1S/C11H6BrN4/c12-8-1-2-9-10(3-8)16-11(6-13-9)7-4-14-15-5-7/h1-6H. The van der Waals surface area contributed by atoms with E-state index in [4.69, 9.17) is 0 Å². The monoisotopic (exact) mass is 273 g/mol. The highest BCUT2D eigenvalue weighted by Gasteiger charge is 2.07. The van der Waals surface area contributed by atoms with E-state index in [1.165, 1.54) is 0 Å². The van der Waals surface area contributed by atoms with Gasteiger partial charge in [0.05, 0.1) is 35.3 Å². The van der Waals surface area contributed by atoms with Crippen molar-refractivity contribution in [2.24, 2.45) is 5.10 Å². The predicted molar refractivity (Wildman–Crippen MR) is 65.8 cm³/mol. The van der Waals surface area contributed by atoms with Crippen molar-refractivity contribution < 1.29 is 0 Å². The molecule has 0 bridgehead atoms. The van der Waals surface area contributed by atoms with Gasteiger partial charge in [-0.25, -0.2) is 4.98 Å². The fourth-order valence-electron chi connectivity index (χ4n) is 1.48. The molecule has 0 N–H and O–H groups in total. The van der Waals surface area contributed by atoms with E-state index in [0.717, 1.165) is 26.8 Å². The van der Waals surface area contributed by atoms with Crippen molar-refractivity contribution in [2.45, 2.75) is 0 Å². The van der Waals surface area contributed by atoms with Crippen molar-refractivity contribution >= 4 is 38.8 Å². The molecule has 0 fully saturated rings. The van der Waals surface area contributed by atoms with Crippen LogP contribution in [0.1, 0.15) is 5.69 Å². The first-order chi connectivity index (χ1) is 7.83. The fourth-order valence-corrected chi connectivity index (χ4v) is 1.83. The Bertz CT molecular complexity index is 618. The maximum absolute atomic E-state index is 4.51. The summed E-state index contributed by atoms with van der Waals surface area (Å²) in [7, 11) is 0. The van der Waals surface area contributed by atoms with Gasteiger partial charge in [-0.1, -0.05) is 15.9 Å². The summed E-state index contributed by atoms with van der Waals surface area (Å²) in [6.45, 7) is 0. The molecule has 1 aromatic carbocycles. The fraction of sp³-hybridized carbons (Fsp3) is 0. The number of fused-ring (bicyclic) bond motifs is 1. The van der Waals surface area contributed by atoms with Gasteiger partial charge in [0.25, 0.3) is 0 Å². The van der Waals surface area contributed by atoms with E-state index >= 15 is 0 Å². The topological polar surface area (TPSA) is 52.2 Å². The maximum Gasteiger partial charge on any atom is 0.0925 e. The van der Waals surface area contributed by atoms with Crippen LogP contribution in [0.15, 0.2) is 40.2 Å². The number of nitrogens with zero attached hydrogens (tertiary/aromatic N) is 4. The molecule has 0 atom stereocenters. The Labute approximate surface area is 100 Å². The molecule has 0 amide bonds. The molecule has 1 radical (unpaired) electrons. The second-order valence-electron chi connectivity index (χ2n) is 3.33. The minimum absolute atomic E-state index is 0.788. The average molecular weight is 274 g/mol. The van der Waals surface area contributed by atoms with Crippen LogP contribution in [0.25, 0.3) is 16.6 Å². The molecule has 77 valence electrons. The summed E-state index contributed by atoms with van der Waals surface area (Å²) in [6.07, 6.45) is 5.08. The van der Waals surface area contributed by atoms with Gasteiger partial charge >= 0.3 is 0 Å². The third-order valence-corrected chi connectivity index (χ3v) is 2.75. The summed E-state index contributed by atoms with van der Waals surface area (Å²) >= 11 is 3.41. The second-order valence-corrected chi connectivity index (χ2v) is 4.25. The van der Waals surface area contributed by atoms with E-state index in [1.807, 2.05) is 18.2 Å². The van der Waals surface area contributed by atoms with Gasteiger partial charge < -0.3 is 0 Å². The molecule has 0 unspecified atom stereocenters. The van der Waals surface area contributed by atoms with Crippen molar-refractivity contribution in [3.63, 3.8) is 0 Å². The molecule has 1 aliphatic heterocycles. The highest BCUT2D eigenvalue weighted by Crippen LogP contribution is 2.19. The molecule has 3 rings (SSSR count). The molecule has 0 spiro atoms. The lowest BCUT2D eigenvalue weighted by atomic mass is 10.2. The lowest BCUT2D eigenvalue weighted by molar-refractivity contribution is 0.977. The zero-order valence-corrected chi connectivity index (χ0v) is 9.72. The number of allylic oxidation sites excluding steroid dienone is 1. The first-order valence-corrected chi connectivity index (χ1v) is 5.48. The molecule has 1 aromatic heterocycles. The van der Waals surface area contributed by atoms with Gasteiger partial charge in [0.1, 0.15) is 0 Å². The van der Waals surface area contributed by atoms with Crippen LogP contribution in [0.2, 0.25) is 0 Å². The molecule has 2 heterocycles. The summed E-state index contributed by atoms with van der Waals surface area (Å²) < 4.78 is 0.991. The highest BCUT2D eigenvalue weighted by atomic mass is 79.9. The Kier molecular flexibility index (Phi) is 2.18. The largest absolute Gasteiger partial charge is 0.252 e. The lowest BCUT2D eigenvalue weighted by Gasteiger charge is -2.00. The van der Waals surface area contributed by atoms with Crippen LogP contribution < -0.4 is 5.43 Å². The van der Waals surface area contributed by atoms with Crippen LogP contribution >= 0.6 is 15.9 Å². The van der Waals surface area contributed by atoms with Crippen molar-refractivity contribution in [1.29, 1.82) is 0 Å². The quantitative estimate of drug-likeness (QED) is 0.801. The van der Waals surface area contributed by atoms with Crippen LogP contribution in [-0.2, 0) is 0 Å². The number of halogens is 1. The third-order valence-electron chi connectivity index (χ3n) is 2.26. The van der Waals surface area contributed by atoms with E-state index in [2.05, 4.69) is 36.4 Å². The molecule has 0 saturated heterocycles. The predicted octanol–water partition coefficient (Wildman–Crippen LogP) is 2.34. The second kappa shape index (κ2) is 3.68. The van der Waals surface area contributed by atoms with E-state index in [0.29, 0.717) is 0 Å². The van der Waals surface area contributed by atoms with E-state index in [1.54, 1.807) is 18.6 Å². The van der Waals surface area contributed by atoms with E-state index in [9.17, 15) is 0 Å². The molecule has 0 aliphatic carbocycles. The Morgan fingerprint density at radius 2 is 2.06 bits per heavy atom. The average Bonchev–Trinajstić information content (AvgIpc) is 2.81. The van der Waals surface area contributed by atoms with Crippen molar-refractivity contribution in [1.82, 2.24) is 15.4 Å². The normalized spacial score (nSPS) is 13.9. The minimum Gasteiger partial charge on any atom is -0.252 e. The van der Waals surface area contributed by atoms with Gasteiger partial charge in [0.15, 0.2) is 0 Å². The summed E-state index contributed by atoms with van der Waals surface area (Å²) in [5.41, 5.74) is 7.17. The van der Waals surface area contributed by atoms with Crippen LogP contribution in [0.4, 0.5) is 0 Å². The molecule has 1 aliphatic rings. The Balaban J connectivity index is 2.18. The van der Waals surface area contributed by atoms with Gasteiger partial charge in [-0.05, 0) is 18.2 Å². The van der Waals surface area contributed by atoms with Crippen LogP contribution in [0.3, 0.4) is 0 Å². The zero-order chi connectivity index (χ0) is 11.0. The Morgan fingerprint density at radius 1 is 1.12 bits per heavy atom. The number of rotatable bonds is 1. The molecular weight excluding hydrogens is 268 g/mol. The Hall–Kier alpha value is -1.75. The highest BCUT2D eigenvalue weighted by molar-refractivity contribution is 9.10. The molecule has 5 heteroatoms. The number of aromatic nitrogens is 2. The molecule has 0 saturated carbocycles. The summed E-state index contributed by atoms with van der Waals surface area (Å²) in [5.74, 6) is 0. The zero-order valence-electron chi connectivity index (χ0n) is 8.13. The summed E-state index contributed by atoms with van der Waals surface area (Å²) in [4.78, 5) is 8.85. The van der Waals surface area contributed by atoms with Gasteiger partial charge in [0, 0.05) is 10.0 Å². The molecule has 2 aromatic rings. The van der Waals surface area contributed by atoms with Gasteiger partial charge in [0.2, 0.25) is 0 Å².